The lowest BCUT2D eigenvalue weighted by Gasteiger charge is -2.07. The van der Waals surface area contributed by atoms with Crippen LogP contribution in [0, 0.1) is 11.6 Å². The number of halogens is 3. The van der Waals surface area contributed by atoms with Gasteiger partial charge >= 0.3 is 5.97 Å². The summed E-state index contributed by atoms with van der Waals surface area (Å²) in [6.07, 6.45) is 0.444. The number of aromatic carboxylic acids is 1. The van der Waals surface area contributed by atoms with Crippen molar-refractivity contribution in [1.29, 1.82) is 0 Å². The summed E-state index contributed by atoms with van der Waals surface area (Å²) in [6, 6.07) is 7.60. The van der Waals surface area contributed by atoms with Gasteiger partial charge in [-0.15, -0.1) is 0 Å². The first kappa shape index (κ1) is 17.1. The summed E-state index contributed by atoms with van der Waals surface area (Å²) in [4.78, 5) is 22.6. The number of carbonyl (C=O) groups is 2. The van der Waals surface area contributed by atoms with Crippen molar-refractivity contribution in [3.05, 3.63) is 69.2 Å². The monoisotopic (exact) mass is 383 g/mol. The van der Waals surface area contributed by atoms with Gasteiger partial charge in [-0.3, -0.25) is 4.79 Å². The Morgan fingerprint density at radius 1 is 1.09 bits per heavy atom. The molecule has 2 aromatic rings. The Balaban J connectivity index is 1.97. The SMILES string of the molecule is O=C(O)c1ccc(C(=O)NCCc2ccc(F)c(Br)c2)c(F)c1. The molecule has 2 N–H and O–H groups in total. The van der Waals surface area contributed by atoms with E-state index < -0.39 is 17.7 Å². The second-order valence-corrected chi connectivity index (χ2v) is 5.61. The van der Waals surface area contributed by atoms with E-state index in [1.54, 1.807) is 12.1 Å². The minimum absolute atomic E-state index is 0.227. The molecule has 0 heterocycles. The quantitative estimate of drug-likeness (QED) is 0.831. The molecule has 0 aliphatic rings. The van der Waals surface area contributed by atoms with Crippen LogP contribution in [0.1, 0.15) is 26.3 Å². The van der Waals surface area contributed by atoms with Crippen LogP contribution < -0.4 is 5.32 Å². The van der Waals surface area contributed by atoms with Gasteiger partial charge in [0.05, 0.1) is 15.6 Å². The highest BCUT2D eigenvalue weighted by Crippen LogP contribution is 2.17. The van der Waals surface area contributed by atoms with Crippen molar-refractivity contribution in [2.45, 2.75) is 6.42 Å². The molecule has 0 radical (unpaired) electrons. The van der Waals surface area contributed by atoms with Gasteiger partial charge in [-0.05, 0) is 58.2 Å². The third-order valence-electron chi connectivity index (χ3n) is 3.14. The molecule has 0 saturated carbocycles. The number of nitrogens with one attached hydrogen (secondary N) is 1. The third-order valence-corrected chi connectivity index (χ3v) is 3.75. The van der Waals surface area contributed by atoms with E-state index in [-0.39, 0.29) is 23.5 Å². The average molecular weight is 384 g/mol. The summed E-state index contributed by atoms with van der Waals surface area (Å²) < 4.78 is 27.2. The van der Waals surface area contributed by atoms with E-state index in [2.05, 4.69) is 21.2 Å². The predicted octanol–water partition coefficient (Wildman–Crippen LogP) is 3.40. The molecule has 1 amide bonds. The van der Waals surface area contributed by atoms with Crippen LogP contribution in [0.4, 0.5) is 8.78 Å². The van der Waals surface area contributed by atoms with Crippen molar-refractivity contribution in [3.63, 3.8) is 0 Å². The van der Waals surface area contributed by atoms with Gasteiger partial charge in [0.1, 0.15) is 11.6 Å². The van der Waals surface area contributed by atoms with Crippen LogP contribution in [-0.2, 0) is 6.42 Å². The van der Waals surface area contributed by atoms with Crippen molar-refractivity contribution in [3.8, 4) is 0 Å². The van der Waals surface area contributed by atoms with E-state index >= 15 is 0 Å². The van der Waals surface area contributed by atoms with Crippen LogP contribution in [0.3, 0.4) is 0 Å². The summed E-state index contributed by atoms with van der Waals surface area (Å²) in [6.45, 7) is 0.233. The molecule has 2 rings (SSSR count). The molecular formula is C16H12BrF2NO3. The van der Waals surface area contributed by atoms with E-state index in [1.165, 1.54) is 6.07 Å². The smallest absolute Gasteiger partial charge is 0.335 e. The van der Waals surface area contributed by atoms with Crippen molar-refractivity contribution < 1.29 is 23.5 Å². The van der Waals surface area contributed by atoms with Gasteiger partial charge in [0.25, 0.3) is 5.91 Å². The zero-order valence-electron chi connectivity index (χ0n) is 11.8. The Kier molecular flexibility index (Phi) is 5.44. The lowest BCUT2D eigenvalue weighted by molar-refractivity contribution is 0.0695. The van der Waals surface area contributed by atoms with Gasteiger partial charge in [-0.2, -0.15) is 0 Å². The number of hydrogen-bond donors (Lipinski definition) is 2. The van der Waals surface area contributed by atoms with E-state index in [9.17, 15) is 18.4 Å². The van der Waals surface area contributed by atoms with E-state index in [0.717, 1.165) is 23.8 Å². The van der Waals surface area contributed by atoms with Crippen LogP contribution in [-0.4, -0.2) is 23.5 Å². The molecule has 0 atom stereocenters. The van der Waals surface area contributed by atoms with Crippen molar-refractivity contribution >= 4 is 27.8 Å². The number of hydrogen-bond acceptors (Lipinski definition) is 2. The van der Waals surface area contributed by atoms with E-state index in [0.29, 0.717) is 10.9 Å². The van der Waals surface area contributed by atoms with E-state index in [1.807, 2.05) is 0 Å². The fourth-order valence-corrected chi connectivity index (χ4v) is 2.37. The van der Waals surface area contributed by atoms with Crippen LogP contribution >= 0.6 is 15.9 Å². The molecule has 4 nitrogen and oxygen atoms in total. The summed E-state index contributed by atoms with van der Waals surface area (Å²) >= 11 is 3.07. The average Bonchev–Trinajstić information content (AvgIpc) is 2.50. The van der Waals surface area contributed by atoms with Crippen molar-refractivity contribution in [2.24, 2.45) is 0 Å². The standard InChI is InChI=1S/C16H12BrF2NO3/c17-12-7-9(1-4-13(12)18)5-6-20-15(21)11-3-2-10(16(22)23)8-14(11)19/h1-4,7-8H,5-6H2,(H,20,21)(H,22,23). The third kappa shape index (κ3) is 4.35. The number of amides is 1. The number of carbonyl (C=O) groups excluding carboxylic acids is 1. The normalized spacial score (nSPS) is 10.4. The maximum atomic E-state index is 13.7. The topological polar surface area (TPSA) is 66.4 Å². The molecule has 2 aromatic carbocycles. The number of carboxylic acid groups (broad SMARTS) is 1. The molecule has 0 bridgehead atoms. The largest absolute Gasteiger partial charge is 0.478 e. The van der Waals surface area contributed by atoms with Gasteiger partial charge in [-0.25, -0.2) is 13.6 Å². The Morgan fingerprint density at radius 3 is 2.43 bits per heavy atom. The number of rotatable bonds is 5. The molecule has 0 unspecified atom stereocenters. The number of benzene rings is 2. The molecule has 0 fully saturated rings. The van der Waals surface area contributed by atoms with Gasteiger partial charge in [0.15, 0.2) is 0 Å². The first-order chi connectivity index (χ1) is 10.9. The summed E-state index contributed by atoms with van der Waals surface area (Å²) in [5.41, 5.74) is 0.353. The minimum atomic E-state index is -1.27. The first-order valence-electron chi connectivity index (χ1n) is 6.63. The highest BCUT2D eigenvalue weighted by molar-refractivity contribution is 9.10. The second kappa shape index (κ2) is 7.32. The van der Waals surface area contributed by atoms with Crippen LogP contribution in [0.15, 0.2) is 40.9 Å². The maximum absolute atomic E-state index is 13.7. The van der Waals surface area contributed by atoms with Crippen molar-refractivity contribution in [2.75, 3.05) is 6.54 Å². The lowest BCUT2D eigenvalue weighted by atomic mass is 10.1. The second-order valence-electron chi connectivity index (χ2n) is 4.75. The molecule has 120 valence electrons. The zero-order chi connectivity index (χ0) is 17.0. The molecule has 0 aliphatic heterocycles. The molecule has 23 heavy (non-hydrogen) atoms. The fraction of sp³-hybridized carbons (Fsp3) is 0.125. The Hall–Kier alpha value is -2.28. The highest BCUT2D eigenvalue weighted by atomic mass is 79.9. The Labute approximate surface area is 139 Å². The highest BCUT2D eigenvalue weighted by Gasteiger charge is 2.14. The molecule has 0 spiro atoms. The summed E-state index contributed by atoms with van der Waals surface area (Å²) in [7, 11) is 0. The predicted molar refractivity (Wildman–Crippen MR) is 83.5 cm³/mol. The molecule has 0 aromatic heterocycles. The summed E-state index contributed by atoms with van der Waals surface area (Å²) in [5, 5.41) is 11.3. The fourth-order valence-electron chi connectivity index (χ4n) is 1.94. The minimum Gasteiger partial charge on any atom is -0.478 e. The summed E-state index contributed by atoms with van der Waals surface area (Å²) in [5.74, 6) is -3.18. The number of carboxylic acids is 1. The van der Waals surface area contributed by atoms with Gasteiger partial charge < -0.3 is 10.4 Å². The Bertz CT molecular complexity index is 765. The van der Waals surface area contributed by atoms with Crippen LogP contribution in [0.25, 0.3) is 0 Å². The van der Waals surface area contributed by atoms with Crippen LogP contribution in [0.5, 0.6) is 0 Å². The van der Waals surface area contributed by atoms with Gasteiger partial charge in [0, 0.05) is 6.54 Å². The van der Waals surface area contributed by atoms with Gasteiger partial charge in [0.2, 0.25) is 0 Å². The Morgan fingerprint density at radius 2 is 1.83 bits per heavy atom. The van der Waals surface area contributed by atoms with Gasteiger partial charge in [-0.1, -0.05) is 6.07 Å². The first-order valence-corrected chi connectivity index (χ1v) is 7.42. The molecule has 0 aliphatic carbocycles. The zero-order valence-corrected chi connectivity index (χ0v) is 13.4. The van der Waals surface area contributed by atoms with Crippen LogP contribution in [0.2, 0.25) is 0 Å². The lowest BCUT2D eigenvalue weighted by Crippen LogP contribution is -2.26. The molecular weight excluding hydrogens is 372 g/mol. The maximum Gasteiger partial charge on any atom is 0.335 e. The molecule has 7 heteroatoms. The molecule has 0 saturated heterocycles. The van der Waals surface area contributed by atoms with E-state index in [4.69, 9.17) is 5.11 Å². The van der Waals surface area contributed by atoms with Crippen molar-refractivity contribution in [1.82, 2.24) is 5.32 Å².